The minimum Gasteiger partial charge on any atom is -0.496 e. The van der Waals surface area contributed by atoms with Gasteiger partial charge in [-0.3, -0.25) is 0 Å². The molecule has 1 aromatic rings. The lowest BCUT2D eigenvalue weighted by molar-refractivity contribution is 0.0943. The van der Waals surface area contributed by atoms with E-state index in [1.54, 1.807) is 19.2 Å². The Labute approximate surface area is 136 Å². The highest BCUT2D eigenvalue weighted by atomic mass is 19.1. The van der Waals surface area contributed by atoms with E-state index in [0.29, 0.717) is 0 Å². The minimum atomic E-state index is -0.200. The molecule has 1 aliphatic heterocycles. The van der Waals surface area contributed by atoms with E-state index in [4.69, 9.17) is 9.84 Å². The number of benzene rings is 2. The van der Waals surface area contributed by atoms with E-state index < -0.39 is 0 Å². The number of piperidine rings is 1. The fourth-order valence-corrected chi connectivity index (χ4v) is 2.98. The summed E-state index contributed by atoms with van der Waals surface area (Å²) in [6.07, 6.45) is 1.89. The third-order valence-electron chi connectivity index (χ3n) is 4.40. The average Bonchev–Trinajstić information content (AvgIpc) is 3.12. The molecule has 0 saturated carbocycles. The maximum Gasteiger partial charge on any atom is 0.127 e. The second-order valence-electron chi connectivity index (χ2n) is 6.11. The predicted molar refractivity (Wildman–Crippen MR) is 90.1 cm³/mol. The van der Waals surface area contributed by atoms with E-state index in [9.17, 15) is 4.39 Å². The second kappa shape index (κ2) is 6.69. The van der Waals surface area contributed by atoms with Crippen LogP contribution in [0.15, 0.2) is 36.4 Å². The number of rotatable bonds is 2. The Morgan fingerprint density at radius 1 is 1.13 bits per heavy atom. The first-order valence-corrected chi connectivity index (χ1v) is 7.94. The van der Waals surface area contributed by atoms with Crippen LogP contribution in [0, 0.1) is 5.82 Å². The fraction of sp³-hybridized carbons (Fsp3) is 0.368. The van der Waals surface area contributed by atoms with Gasteiger partial charge >= 0.3 is 0 Å². The lowest BCUT2D eigenvalue weighted by atomic mass is 10.1. The van der Waals surface area contributed by atoms with Gasteiger partial charge in [-0.25, -0.2) is 4.39 Å². The number of aliphatic hydroxyl groups excluding tert-OH is 1. The van der Waals surface area contributed by atoms with Crippen molar-refractivity contribution in [2.75, 3.05) is 27.2 Å². The topological polar surface area (TPSA) is 32.7 Å². The molecule has 122 valence electrons. The number of halogens is 1. The van der Waals surface area contributed by atoms with Crippen molar-refractivity contribution in [1.82, 2.24) is 4.90 Å². The van der Waals surface area contributed by atoms with Gasteiger partial charge in [-0.05, 0) is 55.3 Å². The minimum absolute atomic E-state index is 0.0220. The Morgan fingerprint density at radius 2 is 1.87 bits per heavy atom. The van der Waals surface area contributed by atoms with Crippen molar-refractivity contribution in [3.8, 4) is 28.0 Å². The number of methoxy groups -OCH3 is 1. The Morgan fingerprint density at radius 3 is 2.48 bits per heavy atom. The average molecular weight is 315 g/mol. The molecule has 0 spiro atoms. The molecule has 4 rings (SSSR count). The zero-order valence-electron chi connectivity index (χ0n) is 13.6. The molecule has 4 heteroatoms. The largest absolute Gasteiger partial charge is 0.496 e. The molecular formula is C19H22FNO2. The number of fused-ring (bicyclic) bond motifs is 1. The maximum absolute atomic E-state index is 13.0. The quantitative estimate of drug-likeness (QED) is 0.785. The summed E-state index contributed by atoms with van der Waals surface area (Å²) in [5.74, 6) is 0.679. The summed E-state index contributed by atoms with van der Waals surface area (Å²) in [5.41, 5.74) is 4.35. The van der Waals surface area contributed by atoms with Crippen LogP contribution >= 0.6 is 0 Å². The summed E-state index contributed by atoms with van der Waals surface area (Å²) in [5, 5.41) is 9.00. The molecule has 0 atom stereocenters. The van der Waals surface area contributed by atoms with Gasteiger partial charge in [-0.15, -0.1) is 0 Å². The molecule has 2 aliphatic carbocycles. The van der Waals surface area contributed by atoms with Crippen molar-refractivity contribution in [2.24, 2.45) is 0 Å². The molecule has 23 heavy (non-hydrogen) atoms. The van der Waals surface area contributed by atoms with E-state index >= 15 is 0 Å². The second-order valence-corrected chi connectivity index (χ2v) is 6.11. The molecule has 1 fully saturated rings. The van der Waals surface area contributed by atoms with Crippen molar-refractivity contribution in [2.45, 2.75) is 18.9 Å². The van der Waals surface area contributed by atoms with Crippen LogP contribution in [0.1, 0.15) is 12.8 Å². The Kier molecular flexibility index (Phi) is 4.64. The van der Waals surface area contributed by atoms with E-state index in [1.165, 1.54) is 11.6 Å². The number of hydrogen-bond donors (Lipinski definition) is 1. The Bertz CT molecular complexity index is 684. The van der Waals surface area contributed by atoms with Gasteiger partial charge in [0.25, 0.3) is 0 Å². The number of hydrogen-bond acceptors (Lipinski definition) is 3. The van der Waals surface area contributed by atoms with Crippen LogP contribution in [-0.2, 0) is 0 Å². The van der Waals surface area contributed by atoms with Gasteiger partial charge in [-0.2, -0.15) is 0 Å². The van der Waals surface area contributed by atoms with Crippen molar-refractivity contribution >= 4 is 0 Å². The SMILES string of the molecule is CN1CCC(O)CC1.COc1ccc2c(-c3cccc(F)c3)c1-2. The number of ether oxygens (including phenoxy) is 1. The summed E-state index contributed by atoms with van der Waals surface area (Å²) in [4.78, 5) is 2.24. The molecular weight excluding hydrogens is 293 g/mol. The predicted octanol–water partition coefficient (Wildman–Crippen LogP) is 3.55. The van der Waals surface area contributed by atoms with Gasteiger partial charge in [0.05, 0.1) is 13.2 Å². The Hall–Kier alpha value is -1.91. The smallest absolute Gasteiger partial charge is 0.127 e. The van der Waals surface area contributed by atoms with Gasteiger partial charge in [0, 0.05) is 24.2 Å². The van der Waals surface area contributed by atoms with Crippen LogP contribution in [-0.4, -0.2) is 43.4 Å². The Balaban J connectivity index is 0.000000166. The molecule has 1 heterocycles. The molecule has 0 unspecified atom stereocenters. The van der Waals surface area contributed by atoms with Gasteiger partial charge in [-0.1, -0.05) is 12.1 Å². The van der Waals surface area contributed by atoms with Crippen LogP contribution in [0.4, 0.5) is 4.39 Å². The monoisotopic (exact) mass is 315 g/mol. The summed E-state index contributed by atoms with van der Waals surface area (Å²) in [6.45, 7) is 2.11. The van der Waals surface area contributed by atoms with E-state index in [2.05, 4.69) is 11.9 Å². The van der Waals surface area contributed by atoms with E-state index in [0.717, 1.165) is 48.4 Å². The third kappa shape index (κ3) is 3.54. The van der Waals surface area contributed by atoms with Crippen LogP contribution in [0.2, 0.25) is 0 Å². The summed E-state index contributed by atoms with van der Waals surface area (Å²) < 4.78 is 18.2. The first kappa shape index (κ1) is 16.0. The molecule has 0 amide bonds. The number of nitrogens with zero attached hydrogens (tertiary/aromatic N) is 1. The van der Waals surface area contributed by atoms with Crippen LogP contribution in [0.5, 0.6) is 5.75 Å². The first-order valence-electron chi connectivity index (χ1n) is 7.94. The zero-order valence-corrected chi connectivity index (χ0v) is 13.6. The molecule has 0 radical (unpaired) electrons. The highest BCUT2D eigenvalue weighted by molar-refractivity contribution is 6.11. The summed E-state index contributed by atoms with van der Waals surface area (Å²) in [7, 11) is 3.74. The lowest BCUT2D eigenvalue weighted by Crippen LogP contribution is -2.32. The van der Waals surface area contributed by atoms with Crippen LogP contribution in [0.3, 0.4) is 0 Å². The highest BCUT2D eigenvalue weighted by Gasteiger charge is 2.30. The van der Waals surface area contributed by atoms with E-state index in [1.807, 2.05) is 18.2 Å². The summed E-state index contributed by atoms with van der Waals surface area (Å²) in [6, 6.07) is 10.6. The molecule has 3 nitrogen and oxygen atoms in total. The van der Waals surface area contributed by atoms with Crippen molar-refractivity contribution in [3.05, 3.63) is 42.2 Å². The number of aliphatic hydroxyl groups is 1. The lowest BCUT2D eigenvalue weighted by Gasteiger charge is -2.25. The molecule has 1 saturated heterocycles. The fourth-order valence-electron chi connectivity index (χ4n) is 2.98. The van der Waals surface area contributed by atoms with Gasteiger partial charge < -0.3 is 14.7 Å². The molecule has 0 aromatic heterocycles. The highest BCUT2D eigenvalue weighted by Crippen LogP contribution is 2.56. The molecule has 3 aliphatic rings. The normalized spacial score (nSPS) is 16.5. The van der Waals surface area contributed by atoms with Gasteiger partial charge in [0.15, 0.2) is 0 Å². The van der Waals surface area contributed by atoms with Gasteiger partial charge in [0.2, 0.25) is 0 Å². The van der Waals surface area contributed by atoms with Crippen LogP contribution in [0.25, 0.3) is 22.3 Å². The third-order valence-corrected chi connectivity index (χ3v) is 4.40. The van der Waals surface area contributed by atoms with E-state index in [-0.39, 0.29) is 11.9 Å². The van der Waals surface area contributed by atoms with Crippen molar-refractivity contribution in [3.63, 3.8) is 0 Å². The summed E-state index contributed by atoms with van der Waals surface area (Å²) >= 11 is 0. The van der Waals surface area contributed by atoms with Crippen molar-refractivity contribution in [1.29, 1.82) is 0 Å². The molecule has 0 bridgehead atoms. The molecule has 1 aromatic carbocycles. The number of likely N-dealkylation sites (tertiary alicyclic amines) is 1. The zero-order chi connectivity index (χ0) is 16.4. The van der Waals surface area contributed by atoms with Crippen LogP contribution < -0.4 is 4.74 Å². The standard InChI is InChI=1S/C13H9FO.C6H13NO/c1-15-11-6-5-10-12(13(10)11)8-3-2-4-9(14)7-8;1-7-4-2-6(8)3-5-7/h2-7H,1H3;6,8H,2-5H2,1H3. The van der Waals surface area contributed by atoms with Crippen molar-refractivity contribution < 1.29 is 14.2 Å². The first-order chi connectivity index (χ1) is 11.1. The van der Waals surface area contributed by atoms with Gasteiger partial charge in [0.1, 0.15) is 11.6 Å². The maximum atomic E-state index is 13.0. The molecule has 1 N–H and O–H groups in total.